The van der Waals surface area contributed by atoms with Crippen molar-refractivity contribution < 1.29 is 14.3 Å². The van der Waals surface area contributed by atoms with E-state index in [1.165, 1.54) is 12.3 Å². The minimum absolute atomic E-state index is 0. The summed E-state index contributed by atoms with van der Waals surface area (Å²) in [4.78, 5) is 13.7. The van der Waals surface area contributed by atoms with Crippen LogP contribution in [0.4, 0.5) is 4.79 Å². The van der Waals surface area contributed by atoms with Crippen LogP contribution in [0.1, 0.15) is 27.7 Å². The summed E-state index contributed by atoms with van der Waals surface area (Å²) in [7, 11) is 0. The molecule has 1 aliphatic rings. The Bertz CT molecular complexity index is 317. The molecule has 0 radical (unpaired) electrons. The summed E-state index contributed by atoms with van der Waals surface area (Å²) in [5.74, 6) is 0.343. The molecule has 0 aromatic carbocycles. The van der Waals surface area contributed by atoms with E-state index in [1.54, 1.807) is 0 Å². The van der Waals surface area contributed by atoms with Gasteiger partial charge in [-0.15, -0.1) is 12.4 Å². The van der Waals surface area contributed by atoms with Gasteiger partial charge in [0.15, 0.2) is 0 Å². The lowest BCUT2D eigenvalue weighted by atomic mass is 9.90. The molecule has 1 aliphatic heterocycles. The van der Waals surface area contributed by atoms with Crippen LogP contribution < -0.4 is 5.73 Å². The molecule has 0 saturated carbocycles. The molecular weight excluding hydrogens is 232 g/mol. The van der Waals surface area contributed by atoms with Gasteiger partial charge in [-0.1, -0.05) is 0 Å². The first-order chi connectivity index (χ1) is 6.74. The van der Waals surface area contributed by atoms with Gasteiger partial charge in [0.2, 0.25) is 0 Å². The van der Waals surface area contributed by atoms with Crippen LogP contribution >= 0.6 is 12.4 Å². The third-order valence-corrected chi connectivity index (χ3v) is 2.57. The van der Waals surface area contributed by atoms with Crippen molar-refractivity contribution >= 4 is 24.7 Å². The van der Waals surface area contributed by atoms with Crippen molar-refractivity contribution in [2.75, 3.05) is 0 Å². The van der Waals surface area contributed by atoms with E-state index in [2.05, 4.69) is 4.99 Å². The highest BCUT2D eigenvalue weighted by Crippen LogP contribution is 2.39. The molecule has 0 aromatic rings. The molecule has 1 rings (SSSR count). The van der Waals surface area contributed by atoms with Gasteiger partial charge in [-0.25, -0.2) is 9.79 Å². The number of carbonyl (C=O) groups is 1. The highest BCUT2D eigenvalue weighted by Gasteiger charge is 2.48. The molecule has 16 heavy (non-hydrogen) atoms. The second-order valence-electron chi connectivity index (χ2n) is 4.33. The summed E-state index contributed by atoms with van der Waals surface area (Å²) in [6.07, 6.45) is 2.73. The first-order valence-electron chi connectivity index (χ1n) is 4.66. The first-order valence-corrected chi connectivity index (χ1v) is 4.66. The third kappa shape index (κ3) is 3.13. The number of ether oxygens (including phenoxy) is 2. The molecule has 0 bridgehead atoms. The van der Waals surface area contributed by atoms with E-state index in [4.69, 9.17) is 15.2 Å². The van der Waals surface area contributed by atoms with Crippen LogP contribution in [0, 0.1) is 0 Å². The molecule has 0 aliphatic carbocycles. The molecular formula is C10H17ClN2O3. The van der Waals surface area contributed by atoms with Gasteiger partial charge in [-0.2, -0.15) is 0 Å². The maximum absolute atomic E-state index is 10.3. The Labute approximate surface area is 101 Å². The number of allylic oxidation sites excluding steroid dienone is 1. The maximum Gasteiger partial charge on any atom is 0.338 e. The van der Waals surface area contributed by atoms with Crippen LogP contribution in [0.2, 0.25) is 0 Å². The van der Waals surface area contributed by atoms with E-state index >= 15 is 0 Å². The molecule has 5 nitrogen and oxygen atoms in total. The molecule has 0 unspecified atom stereocenters. The minimum atomic E-state index is -0.747. The number of amides is 2. The lowest BCUT2D eigenvalue weighted by Crippen LogP contribution is -2.41. The van der Waals surface area contributed by atoms with Crippen molar-refractivity contribution in [3.63, 3.8) is 0 Å². The number of primary amides is 1. The summed E-state index contributed by atoms with van der Waals surface area (Å²) < 4.78 is 11.1. The average Bonchev–Trinajstić information content (AvgIpc) is 2.19. The molecule has 6 heteroatoms. The Hall–Kier alpha value is -1.23. The Kier molecular flexibility index (Phi) is 4.37. The fourth-order valence-corrected chi connectivity index (χ4v) is 1.01. The highest BCUT2D eigenvalue weighted by atomic mass is 35.5. The lowest BCUT2D eigenvalue weighted by Gasteiger charge is -2.28. The van der Waals surface area contributed by atoms with Gasteiger partial charge in [0, 0.05) is 12.3 Å². The molecule has 1 fully saturated rings. The Morgan fingerprint density at radius 3 is 2.06 bits per heavy atom. The smallest absolute Gasteiger partial charge is 0.338 e. The van der Waals surface area contributed by atoms with E-state index in [-0.39, 0.29) is 12.4 Å². The number of nitrogens with two attached hydrogens (primary N) is 1. The molecule has 2 N–H and O–H groups in total. The van der Waals surface area contributed by atoms with Crippen molar-refractivity contribution in [2.24, 2.45) is 10.7 Å². The summed E-state index contributed by atoms with van der Waals surface area (Å²) in [5, 5.41) is 0. The summed E-state index contributed by atoms with van der Waals surface area (Å²) in [6.45, 7) is 7.72. The van der Waals surface area contributed by atoms with E-state index in [0.29, 0.717) is 5.95 Å². The monoisotopic (exact) mass is 248 g/mol. The largest absolute Gasteiger partial charge is 0.455 e. The van der Waals surface area contributed by atoms with Gasteiger partial charge in [0.25, 0.3) is 5.95 Å². The zero-order valence-electron chi connectivity index (χ0n) is 9.81. The first kappa shape index (κ1) is 14.8. The fourth-order valence-electron chi connectivity index (χ4n) is 1.01. The molecule has 1 saturated heterocycles. The van der Waals surface area contributed by atoms with E-state index in [0.717, 1.165) is 0 Å². The Morgan fingerprint density at radius 1 is 1.25 bits per heavy atom. The zero-order chi connectivity index (χ0) is 11.7. The lowest BCUT2D eigenvalue weighted by molar-refractivity contribution is 0.00578. The number of aliphatic imine (C=N–C) groups is 1. The average molecular weight is 249 g/mol. The standard InChI is InChI=1S/C10H16N2O3.ClH/c1-9(2)10(3,4)15-7(14-9)5-6-12-8(11)13;/h5-6H,1-4H3,(H2,11,13);1H/b12-6+;. The quantitative estimate of drug-likeness (QED) is 0.722. The Balaban J connectivity index is 0.00000225. The van der Waals surface area contributed by atoms with Crippen LogP contribution in [0.25, 0.3) is 0 Å². The number of halogens is 1. The van der Waals surface area contributed by atoms with Gasteiger partial charge < -0.3 is 15.2 Å². The predicted octanol–water partition coefficient (Wildman–Crippen LogP) is 2.00. The molecule has 0 aromatic heterocycles. The van der Waals surface area contributed by atoms with Crippen molar-refractivity contribution in [3.8, 4) is 0 Å². The number of carbonyl (C=O) groups excluding carboxylic acids is 1. The van der Waals surface area contributed by atoms with Gasteiger partial charge in [0.1, 0.15) is 11.2 Å². The van der Waals surface area contributed by atoms with E-state index < -0.39 is 17.2 Å². The number of urea groups is 1. The number of hydrogen-bond donors (Lipinski definition) is 1. The SMILES string of the molecule is CC1(C)OC(=C/C=N/C(N)=O)OC1(C)C.Cl. The van der Waals surface area contributed by atoms with Crippen LogP contribution in [0.3, 0.4) is 0 Å². The van der Waals surface area contributed by atoms with Gasteiger partial charge >= 0.3 is 6.03 Å². The minimum Gasteiger partial charge on any atom is -0.455 e. The second kappa shape index (κ2) is 4.74. The van der Waals surface area contributed by atoms with Crippen LogP contribution in [0.5, 0.6) is 0 Å². The molecule has 0 spiro atoms. The normalized spacial score (nSPS) is 20.9. The molecule has 92 valence electrons. The Morgan fingerprint density at radius 2 is 1.69 bits per heavy atom. The van der Waals surface area contributed by atoms with Crippen molar-refractivity contribution in [1.82, 2.24) is 0 Å². The van der Waals surface area contributed by atoms with Gasteiger partial charge in [0.05, 0.1) is 0 Å². The molecule has 1 heterocycles. The van der Waals surface area contributed by atoms with Crippen molar-refractivity contribution in [3.05, 3.63) is 12.0 Å². The zero-order valence-corrected chi connectivity index (χ0v) is 10.6. The van der Waals surface area contributed by atoms with Crippen LogP contribution in [-0.2, 0) is 9.47 Å². The van der Waals surface area contributed by atoms with E-state index in [9.17, 15) is 4.79 Å². The van der Waals surface area contributed by atoms with Crippen molar-refractivity contribution in [2.45, 2.75) is 38.9 Å². The third-order valence-electron chi connectivity index (χ3n) is 2.57. The number of hydrogen-bond acceptors (Lipinski definition) is 3. The maximum atomic E-state index is 10.3. The van der Waals surface area contributed by atoms with Crippen LogP contribution in [-0.4, -0.2) is 23.4 Å². The summed E-state index contributed by atoms with van der Waals surface area (Å²) >= 11 is 0. The summed E-state index contributed by atoms with van der Waals surface area (Å²) in [6, 6.07) is -0.747. The van der Waals surface area contributed by atoms with E-state index in [1.807, 2.05) is 27.7 Å². The number of nitrogens with zero attached hydrogens (tertiary/aromatic N) is 1. The van der Waals surface area contributed by atoms with Gasteiger partial charge in [-0.3, -0.25) is 0 Å². The van der Waals surface area contributed by atoms with Crippen LogP contribution in [0.15, 0.2) is 17.0 Å². The van der Waals surface area contributed by atoms with Gasteiger partial charge in [-0.05, 0) is 27.7 Å². The molecule has 0 atom stereocenters. The highest BCUT2D eigenvalue weighted by molar-refractivity contribution is 5.86. The predicted molar refractivity (Wildman–Crippen MR) is 63.7 cm³/mol. The summed E-state index contributed by atoms with van der Waals surface area (Å²) in [5.41, 5.74) is 4.00. The fraction of sp³-hybridized carbons (Fsp3) is 0.600. The second-order valence-corrected chi connectivity index (χ2v) is 4.33. The topological polar surface area (TPSA) is 73.9 Å². The van der Waals surface area contributed by atoms with Crippen molar-refractivity contribution in [1.29, 1.82) is 0 Å². The number of rotatable bonds is 1. The molecule has 2 amide bonds.